The van der Waals surface area contributed by atoms with Gasteiger partial charge in [0, 0.05) is 43.6 Å². The second-order valence-corrected chi connectivity index (χ2v) is 9.71. The Labute approximate surface area is 143 Å². The molecule has 1 aromatic rings. The molecule has 0 saturated carbocycles. The molecular formula is C16H26N4O3S. The van der Waals surface area contributed by atoms with Crippen LogP contribution in [0.4, 0.5) is 0 Å². The van der Waals surface area contributed by atoms with Crippen molar-refractivity contribution in [2.45, 2.75) is 45.6 Å². The molecule has 0 atom stereocenters. The molecule has 0 N–H and O–H groups in total. The van der Waals surface area contributed by atoms with E-state index >= 15 is 0 Å². The summed E-state index contributed by atoms with van der Waals surface area (Å²) in [7, 11) is -3.31. The molecular weight excluding hydrogens is 328 g/mol. The SMILES string of the molecule is CC(C)(C)c1ccc(=O)n(CC2CN(S(=O)(=O)N3CCCC3)C2)n1. The van der Waals surface area contributed by atoms with E-state index in [0.717, 1.165) is 18.5 Å². The molecule has 7 nitrogen and oxygen atoms in total. The summed E-state index contributed by atoms with van der Waals surface area (Å²) < 4.78 is 29.4. The largest absolute Gasteiger partial charge is 0.281 e. The summed E-state index contributed by atoms with van der Waals surface area (Å²) in [5, 5.41) is 4.46. The summed E-state index contributed by atoms with van der Waals surface area (Å²) in [5.41, 5.74) is 0.604. The molecule has 0 unspecified atom stereocenters. The molecule has 8 heteroatoms. The van der Waals surface area contributed by atoms with E-state index in [1.165, 1.54) is 8.99 Å². The van der Waals surface area contributed by atoms with Gasteiger partial charge in [-0.1, -0.05) is 20.8 Å². The van der Waals surface area contributed by atoms with Gasteiger partial charge in [-0.2, -0.15) is 22.1 Å². The monoisotopic (exact) mass is 354 g/mol. The minimum absolute atomic E-state index is 0.125. The maximum absolute atomic E-state index is 12.4. The van der Waals surface area contributed by atoms with E-state index in [0.29, 0.717) is 32.7 Å². The molecule has 2 saturated heterocycles. The van der Waals surface area contributed by atoms with Crippen LogP contribution in [-0.2, 0) is 22.2 Å². The van der Waals surface area contributed by atoms with Crippen LogP contribution in [0.25, 0.3) is 0 Å². The average molecular weight is 354 g/mol. The maximum atomic E-state index is 12.4. The first-order valence-corrected chi connectivity index (χ1v) is 9.91. The van der Waals surface area contributed by atoms with Gasteiger partial charge in [0.1, 0.15) is 0 Å². The first-order chi connectivity index (χ1) is 11.2. The maximum Gasteiger partial charge on any atom is 0.281 e. The third-order valence-electron chi connectivity index (χ3n) is 4.71. The Bertz CT molecular complexity index is 754. The quantitative estimate of drug-likeness (QED) is 0.802. The van der Waals surface area contributed by atoms with Gasteiger partial charge in [-0.3, -0.25) is 4.79 Å². The lowest BCUT2D eigenvalue weighted by Gasteiger charge is -2.40. The minimum atomic E-state index is -3.31. The number of aromatic nitrogens is 2. The summed E-state index contributed by atoms with van der Waals surface area (Å²) in [6.45, 7) is 8.80. The van der Waals surface area contributed by atoms with Gasteiger partial charge in [-0.05, 0) is 18.9 Å². The van der Waals surface area contributed by atoms with Crippen LogP contribution in [0.5, 0.6) is 0 Å². The predicted octanol–water partition coefficient (Wildman–Crippen LogP) is 0.813. The highest BCUT2D eigenvalue weighted by molar-refractivity contribution is 7.86. The fourth-order valence-electron chi connectivity index (χ4n) is 3.13. The first-order valence-electron chi connectivity index (χ1n) is 8.52. The van der Waals surface area contributed by atoms with Crippen molar-refractivity contribution in [2.24, 2.45) is 5.92 Å². The molecule has 24 heavy (non-hydrogen) atoms. The summed E-state index contributed by atoms with van der Waals surface area (Å²) in [6, 6.07) is 3.31. The van der Waals surface area contributed by atoms with Gasteiger partial charge in [0.2, 0.25) is 0 Å². The van der Waals surface area contributed by atoms with Gasteiger partial charge in [0.15, 0.2) is 0 Å². The van der Waals surface area contributed by atoms with Crippen molar-refractivity contribution < 1.29 is 8.42 Å². The highest BCUT2D eigenvalue weighted by Gasteiger charge is 2.40. The van der Waals surface area contributed by atoms with E-state index in [4.69, 9.17) is 0 Å². The van der Waals surface area contributed by atoms with E-state index in [1.807, 2.05) is 0 Å². The highest BCUT2D eigenvalue weighted by atomic mass is 32.2. The predicted molar refractivity (Wildman–Crippen MR) is 92.0 cm³/mol. The first kappa shape index (κ1) is 17.6. The van der Waals surface area contributed by atoms with Gasteiger partial charge in [-0.25, -0.2) is 4.68 Å². The van der Waals surface area contributed by atoms with Gasteiger partial charge in [0.05, 0.1) is 12.2 Å². The summed E-state index contributed by atoms with van der Waals surface area (Å²) in [5.74, 6) is 0.141. The standard InChI is InChI=1S/C16H26N4O3S/c1-16(2,3)14-6-7-15(21)20(17-14)12-13-10-19(11-13)24(22,23)18-8-4-5-9-18/h6-7,13H,4-5,8-12H2,1-3H3. The molecule has 2 aliphatic rings. The van der Waals surface area contributed by atoms with E-state index < -0.39 is 10.2 Å². The summed E-state index contributed by atoms with van der Waals surface area (Å²) in [6.07, 6.45) is 1.88. The molecule has 134 valence electrons. The Morgan fingerprint density at radius 2 is 1.75 bits per heavy atom. The number of hydrogen-bond acceptors (Lipinski definition) is 4. The molecule has 0 radical (unpaired) electrons. The smallest absolute Gasteiger partial charge is 0.268 e. The molecule has 2 aliphatic heterocycles. The Kier molecular flexibility index (Phi) is 4.57. The Morgan fingerprint density at radius 1 is 1.12 bits per heavy atom. The van der Waals surface area contributed by atoms with Crippen molar-refractivity contribution >= 4 is 10.2 Å². The Morgan fingerprint density at radius 3 is 2.33 bits per heavy atom. The average Bonchev–Trinajstić information content (AvgIpc) is 2.97. The van der Waals surface area contributed by atoms with Crippen LogP contribution >= 0.6 is 0 Å². The van der Waals surface area contributed by atoms with Gasteiger partial charge >= 0.3 is 0 Å². The van der Waals surface area contributed by atoms with E-state index in [-0.39, 0.29) is 16.9 Å². The van der Waals surface area contributed by atoms with Crippen molar-refractivity contribution in [3.05, 3.63) is 28.2 Å². The molecule has 3 heterocycles. The van der Waals surface area contributed by atoms with Crippen molar-refractivity contribution in [1.29, 1.82) is 0 Å². The van der Waals surface area contributed by atoms with Crippen LogP contribution < -0.4 is 5.56 Å². The lowest BCUT2D eigenvalue weighted by molar-refractivity contribution is 0.162. The van der Waals surface area contributed by atoms with Crippen molar-refractivity contribution in [3.63, 3.8) is 0 Å². The second kappa shape index (κ2) is 6.24. The third-order valence-corrected chi connectivity index (χ3v) is 6.68. The fraction of sp³-hybridized carbons (Fsp3) is 0.750. The zero-order chi connectivity index (χ0) is 17.5. The van der Waals surface area contributed by atoms with Gasteiger partial charge in [-0.15, -0.1) is 0 Å². The topological polar surface area (TPSA) is 75.5 Å². The van der Waals surface area contributed by atoms with Crippen LogP contribution in [0.2, 0.25) is 0 Å². The molecule has 0 aromatic carbocycles. The second-order valence-electron chi connectivity index (χ2n) is 7.79. The molecule has 3 rings (SSSR count). The van der Waals surface area contributed by atoms with Crippen LogP contribution in [-0.4, -0.2) is 53.0 Å². The van der Waals surface area contributed by atoms with Crippen molar-refractivity contribution in [3.8, 4) is 0 Å². The lowest BCUT2D eigenvalue weighted by Crippen LogP contribution is -2.56. The zero-order valence-corrected chi connectivity index (χ0v) is 15.4. The Hall–Kier alpha value is -1.25. The summed E-state index contributed by atoms with van der Waals surface area (Å²) in [4.78, 5) is 12.0. The number of hydrogen-bond donors (Lipinski definition) is 0. The lowest BCUT2D eigenvalue weighted by atomic mass is 9.92. The minimum Gasteiger partial charge on any atom is -0.268 e. The molecule has 0 bridgehead atoms. The molecule has 2 fully saturated rings. The van der Waals surface area contributed by atoms with Crippen molar-refractivity contribution in [2.75, 3.05) is 26.2 Å². The third kappa shape index (κ3) is 3.41. The number of nitrogens with zero attached hydrogens (tertiary/aromatic N) is 4. The van der Waals surface area contributed by atoms with Crippen LogP contribution in [0.1, 0.15) is 39.3 Å². The van der Waals surface area contributed by atoms with Crippen LogP contribution in [0, 0.1) is 5.92 Å². The van der Waals surface area contributed by atoms with Gasteiger partial charge < -0.3 is 0 Å². The molecule has 0 aliphatic carbocycles. The highest BCUT2D eigenvalue weighted by Crippen LogP contribution is 2.25. The fourth-order valence-corrected chi connectivity index (χ4v) is 4.98. The van der Waals surface area contributed by atoms with E-state index in [2.05, 4.69) is 25.9 Å². The van der Waals surface area contributed by atoms with Gasteiger partial charge in [0.25, 0.3) is 15.8 Å². The zero-order valence-electron chi connectivity index (χ0n) is 14.6. The molecule has 0 spiro atoms. The normalized spacial score (nSPS) is 21.1. The van der Waals surface area contributed by atoms with Crippen molar-refractivity contribution in [1.82, 2.24) is 18.4 Å². The summed E-state index contributed by atoms with van der Waals surface area (Å²) >= 11 is 0. The van der Waals surface area contributed by atoms with Crippen LogP contribution in [0.3, 0.4) is 0 Å². The van der Waals surface area contributed by atoms with E-state index in [1.54, 1.807) is 16.4 Å². The molecule has 0 amide bonds. The molecule has 1 aromatic heterocycles. The van der Waals surface area contributed by atoms with E-state index in [9.17, 15) is 13.2 Å². The Balaban J connectivity index is 1.65. The van der Waals surface area contributed by atoms with Crippen LogP contribution in [0.15, 0.2) is 16.9 Å². The number of rotatable bonds is 4.